The summed E-state index contributed by atoms with van der Waals surface area (Å²) in [5.74, 6) is 0.537. The molecule has 1 aliphatic heterocycles. The third-order valence-electron chi connectivity index (χ3n) is 3.55. The number of fused-ring (bicyclic) bond motifs is 3. The molecule has 1 fully saturated rings. The molecule has 74 valence electrons. The van der Waals surface area contributed by atoms with Crippen LogP contribution in [-0.2, 0) is 0 Å². The van der Waals surface area contributed by atoms with E-state index in [1.54, 1.807) is 0 Å². The fourth-order valence-electron chi connectivity index (χ4n) is 2.85. The third kappa shape index (κ3) is 1.07. The van der Waals surface area contributed by atoms with Crippen LogP contribution in [0.15, 0.2) is 24.3 Å². The number of benzene rings is 1. The molecule has 1 saturated carbocycles. The van der Waals surface area contributed by atoms with Crippen molar-refractivity contribution in [2.45, 2.75) is 37.3 Å². The predicted molar refractivity (Wildman–Crippen MR) is 56.5 cm³/mol. The summed E-state index contributed by atoms with van der Waals surface area (Å²) < 4.78 is 0. The molecule has 3 unspecified atom stereocenters. The Labute approximate surface area is 84.0 Å². The summed E-state index contributed by atoms with van der Waals surface area (Å²) in [5.41, 5.74) is 2.62. The van der Waals surface area contributed by atoms with Crippen LogP contribution in [0.5, 0.6) is 0 Å². The van der Waals surface area contributed by atoms with Crippen LogP contribution in [0.4, 0.5) is 5.69 Å². The molecule has 0 bridgehead atoms. The lowest BCUT2D eigenvalue weighted by molar-refractivity contribution is 0.109. The summed E-state index contributed by atoms with van der Waals surface area (Å²) in [6.07, 6.45) is 3.15. The molecule has 0 saturated heterocycles. The monoisotopic (exact) mass is 189 g/mol. The highest BCUT2D eigenvalue weighted by molar-refractivity contribution is 5.59. The maximum atomic E-state index is 9.89. The summed E-state index contributed by atoms with van der Waals surface area (Å²) in [7, 11) is 0. The van der Waals surface area contributed by atoms with Gasteiger partial charge in [0.05, 0.1) is 12.1 Å². The minimum Gasteiger partial charge on any atom is -0.391 e. The number of rotatable bonds is 0. The fraction of sp³-hybridized carbons (Fsp3) is 0.500. The molecule has 2 N–H and O–H groups in total. The van der Waals surface area contributed by atoms with Crippen LogP contribution in [-0.4, -0.2) is 17.3 Å². The molecule has 1 heterocycles. The molecule has 3 atom stereocenters. The zero-order chi connectivity index (χ0) is 9.54. The van der Waals surface area contributed by atoms with Crippen LogP contribution in [0, 0.1) is 0 Å². The van der Waals surface area contributed by atoms with Gasteiger partial charge in [0.2, 0.25) is 0 Å². The first-order valence-corrected chi connectivity index (χ1v) is 5.40. The third-order valence-corrected chi connectivity index (χ3v) is 3.55. The summed E-state index contributed by atoms with van der Waals surface area (Å²) >= 11 is 0. The Bertz CT molecular complexity index is 350. The molecule has 14 heavy (non-hydrogen) atoms. The normalized spacial score (nSPS) is 34.5. The first-order valence-electron chi connectivity index (χ1n) is 5.40. The molecule has 0 aromatic heterocycles. The summed E-state index contributed by atoms with van der Waals surface area (Å²) in [6.45, 7) is 0. The Balaban J connectivity index is 2.00. The average molecular weight is 189 g/mol. The highest BCUT2D eigenvalue weighted by atomic mass is 16.3. The maximum absolute atomic E-state index is 9.89. The molecule has 0 radical (unpaired) electrons. The van der Waals surface area contributed by atoms with Gasteiger partial charge in [0.15, 0.2) is 0 Å². The van der Waals surface area contributed by atoms with E-state index in [-0.39, 0.29) is 12.1 Å². The first-order chi connectivity index (χ1) is 6.86. The van der Waals surface area contributed by atoms with Crippen molar-refractivity contribution in [2.24, 2.45) is 0 Å². The van der Waals surface area contributed by atoms with Crippen LogP contribution in [0.1, 0.15) is 30.7 Å². The number of hydrogen-bond acceptors (Lipinski definition) is 2. The first kappa shape index (κ1) is 8.30. The van der Waals surface area contributed by atoms with Crippen molar-refractivity contribution < 1.29 is 5.11 Å². The molecule has 1 aromatic carbocycles. The number of hydrogen-bond donors (Lipinski definition) is 2. The lowest BCUT2D eigenvalue weighted by Crippen LogP contribution is -2.37. The Hall–Kier alpha value is -1.02. The van der Waals surface area contributed by atoms with Gasteiger partial charge in [-0.3, -0.25) is 0 Å². The molecule has 1 aliphatic carbocycles. The van der Waals surface area contributed by atoms with Crippen molar-refractivity contribution in [3.63, 3.8) is 0 Å². The quantitative estimate of drug-likeness (QED) is 0.655. The fourth-order valence-corrected chi connectivity index (χ4v) is 2.85. The van der Waals surface area contributed by atoms with Crippen molar-refractivity contribution >= 4 is 5.69 Å². The number of para-hydroxylation sites is 1. The molecule has 0 spiro atoms. The summed E-state index contributed by atoms with van der Waals surface area (Å²) in [6, 6.07) is 8.70. The van der Waals surface area contributed by atoms with E-state index >= 15 is 0 Å². The second kappa shape index (κ2) is 2.99. The zero-order valence-electron chi connectivity index (χ0n) is 8.11. The lowest BCUT2D eigenvalue weighted by atomic mass is 9.81. The second-order valence-corrected chi connectivity index (χ2v) is 4.36. The van der Waals surface area contributed by atoms with Gasteiger partial charge in [-0.25, -0.2) is 0 Å². The molecule has 2 heteroatoms. The van der Waals surface area contributed by atoms with Gasteiger partial charge in [0.25, 0.3) is 0 Å². The van der Waals surface area contributed by atoms with Crippen LogP contribution in [0.2, 0.25) is 0 Å². The van der Waals surface area contributed by atoms with E-state index in [9.17, 15) is 5.11 Å². The van der Waals surface area contributed by atoms with Crippen molar-refractivity contribution in [3.05, 3.63) is 29.8 Å². The average Bonchev–Trinajstić information content (AvgIpc) is 2.59. The second-order valence-electron chi connectivity index (χ2n) is 4.36. The summed E-state index contributed by atoms with van der Waals surface area (Å²) in [5, 5.41) is 13.3. The van der Waals surface area contributed by atoms with Crippen LogP contribution < -0.4 is 5.32 Å². The van der Waals surface area contributed by atoms with E-state index in [0.717, 1.165) is 12.8 Å². The van der Waals surface area contributed by atoms with Crippen molar-refractivity contribution in [2.75, 3.05) is 5.32 Å². The highest BCUT2D eigenvalue weighted by Gasteiger charge is 2.38. The minimum absolute atomic E-state index is 0.166. The molecule has 2 nitrogen and oxygen atoms in total. The molecule has 3 rings (SSSR count). The topological polar surface area (TPSA) is 32.3 Å². The Morgan fingerprint density at radius 2 is 2.07 bits per heavy atom. The van der Waals surface area contributed by atoms with Gasteiger partial charge in [-0.15, -0.1) is 0 Å². The molecular weight excluding hydrogens is 174 g/mol. The van der Waals surface area contributed by atoms with Gasteiger partial charge in [0.1, 0.15) is 0 Å². The van der Waals surface area contributed by atoms with E-state index in [1.165, 1.54) is 17.7 Å². The van der Waals surface area contributed by atoms with E-state index in [1.807, 2.05) is 0 Å². The number of nitrogens with one attached hydrogen (secondary N) is 1. The Morgan fingerprint density at radius 3 is 3.00 bits per heavy atom. The highest BCUT2D eigenvalue weighted by Crippen LogP contribution is 2.43. The van der Waals surface area contributed by atoms with Gasteiger partial charge in [0, 0.05) is 11.6 Å². The van der Waals surface area contributed by atoms with Gasteiger partial charge >= 0.3 is 0 Å². The molecule has 2 aliphatic rings. The summed E-state index contributed by atoms with van der Waals surface area (Å²) in [4.78, 5) is 0. The molecule has 1 aromatic rings. The van der Waals surface area contributed by atoms with Gasteiger partial charge in [-0.1, -0.05) is 24.6 Å². The van der Waals surface area contributed by atoms with Crippen molar-refractivity contribution in [1.29, 1.82) is 0 Å². The smallest absolute Gasteiger partial charge is 0.0747 e. The van der Waals surface area contributed by atoms with E-state index in [0.29, 0.717) is 5.92 Å². The predicted octanol–water partition coefficient (Wildman–Crippen LogP) is 2.11. The molecule has 0 amide bonds. The van der Waals surface area contributed by atoms with Crippen LogP contribution in [0.25, 0.3) is 0 Å². The number of aliphatic hydroxyl groups excluding tert-OH is 1. The zero-order valence-corrected chi connectivity index (χ0v) is 8.11. The lowest BCUT2D eigenvalue weighted by Gasteiger charge is -2.30. The van der Waals surface area contributed by atoms with Crippen LogP contribution >= 0.6 is 0 Å². The maximum Gasteiger partial charge on any atom is 0.0747 e. The number of anilines is 1. The number of aliphatic hydroxyl groups is 1. The van der Waals surface area contributed by atoms with E-state index in [2.05, 4.69) is 29.6 Å². The van der Waals surface area contributed by atoms with Crippen molar-refractivity contribution in [3.8, 4) is 0 Å². The van der Waals surface area contributed by atoms with Gasteiger partial charge < -0.3 is 10.4 Å². The Kier molecular flexibility index (Phi) is 1.77. The molecular formula is C12H15NO. The van der Waals surface area contributed by atoms with Crippen LogP contribution in [0.3, 0.4) is 0 Å². The Morgan fingerprint density at radius 1 is 1.21 bits per heavy atom. The van der Waals surface area contributed by atoms with E-state index < -0.39 is 0 Å². The largest absolute Gasteiger partial charge is 0.391 e. The van der Waals surface area contributed by atoms with Gasteiger partial charge in [-0.2, -0.15) is 0 Å². The van der Waals surface area contributed by atoms with E-state index in [4.69, 9.17) is 0 Å². The van der Waals surface area contributed by atoms with Gasteiger partial charge in [-0.05, 0) is 24.5 Å². The SMILES string of the molecule is OC1CCCC2c3ccccc3NC12. The van der Waals surface area contributed by atoms with Crippen molar-refractivity contribution in [1.82, 2.24) is 0 Å². The minimum atomic E-state index is -0.166. The standard InChI is InChI=1S/C12H15NO/c14-11-7-3-5-9-8-4-1-2-6-10(8)13-12(9)11/h1-2,4,6,9,11-14H,3,5,7H2.